The number of benzene rings is 2. The van der Waals surface area contributed by atoms with Gasteiger partial charge in [0.25, 0.3) is 0 Å². The maximum Gasteiger partial charge on any atom is 0.227 e. The predicted octanol–water partition coefficient (Wildman–Crippen LogP) is 5.77. The van der Waals surface area contributed by atoms with Gasteiger partial charge in [-0.25, -0.2) is 4.39 Å². The van der Waals surface area contributed by atoms with Gasteiger partial charge in [-0.1, -0.05) is 38.1 Å². The fourth-order valence-corrected chi connectivity index (χ4v) is 5.91. The van der Waals surface area contributed by atoms with Crippen molar-refractivity contribution in [3.63, 3.8) is 0 Å². The Morgan fingerprint density at radius 2 is 1.81 bits per heavy atom. The van der Waals surface area contributed by atoms with Crippen LogP contribution in [0.15, 0.2) is 48.5 Å². The number of ether oxygens (including phenoxy) is 2. The summed E-state index contributed by atoms with van der Waals surface area (Å²) in [6.45, 7) is 9.32. The molecule has 2 aliphatic heterocycles. The van der Waals surface area contributed by atoms with Gasteiger partial charge in [-0.05, 0) is 72.7 Å². The van der Waals surface area contributed by atoms with Crippen molar-refractivity contribution in [2.45, 2.75) is 64.0 Å². The summed E-state index contributed by atoms with van der Waals surface area (Å²) in [6.07, 6.45) is 4.47. The minimum Gasteiger partial charge on any atom is -0.493 e. The maximum absolute atomic E-state index is 13.6. The van der Waals surface area contributed by atoms with Crippen LogP contribution in [0, 0.1) is 11.7 Å². The number of likely N-dealkylation sites (tertiary alicyclic amines) is 1. The smallest absolute Gasteiger partial charge is 0.227 e. The van der Waals surface area contributed by atoms with Gasteiger partial charge in [-0.15, -0.1) is 11.8 Å². The fraction of sp³-hybridized carbons (Fsp3) is 0.567. The van der Waals surface area contributed by atoms with Gasteiger partial charge in [0.15, 0.2) is 0 Å². The molecule has 2 heterocycles. The van der Waals surface area contributed by atoms with Crippen LogP contribution in [-0.4, -0.2) is 65.8 Å². The Morgan fingerprint density at radius 3 is 2.46 bits per heavy atom. The number of rotatable bonds is 11. The second kappa shape index (κ2) is 14.2. The second-order valence-corrected chi connectivity index (χ2v) is 11.8. The molecule has 37 heavy (non-hydrogen) atoms. The third-order valence-corrected chi connectivity index (χ3v) is 8.29. The quantitative estimate of drug-likeness (QED) is 0.371. The van der Waals surface area contributed by atoms with E-state index in [4.69, 9.17) is 9.47 Å². The highest BCUT2D eigenvalue weighted by Gasteiger charge is 2.28. The lowest BCUT2D eigenvalue weighted by atomic mass is 10.0. The topological polar surface area (TPSA) is 42.0 Å². The Labute approximate surface area is 225 Å². The van der Waals surface area contributed by atoms with Crippen molar-refractivity contribution in [2.75, 3.05) is 38.6 Å². The molecule has 2 aromatic carbocycles. The molecule has 2 fully saturated rings. The molecule has 2 saturated heterocycles. The number of hydrogen-bond donors (Lipinski definition) is 0. The molecule has 4 rings (SSSR count). The molecule has 0 spiro atoms. The second-order valence-electron chi connectivity index (χ2n) is 10.6. The van der Waals surface area contributed by atoms with Crippen LogP contribution < -0.4 is 4.74 Å². The van der Waals surface area contributed by atoms with E-state index in [1.165, 1.54) is 17.9 Å². The summed E-state index contributed by atoms with van der Waals surface area (Å²) in [5.41, 5.74) is 2.26. The monoisotopic (exact) mass is 528 g/mol. The Balaban J connectivity index is 1.35. The minimum absolute atomic E-state index is 0.116. The van der Waals surface area contributed by atoms with Crippen LogP contribution in [0.2, 0.25) is 0 Å². The fourth-order valence-electron chi connectivity index (χ4n) is 4.90. The van der Waals surface area contributed by atoms with E-state index in [1.54, 1.807) is 12.1 Å². The van der Waals surface area contributed by atoms with E-state index >= 15 is 0 Å². The molecule has 0 aromatic heterocycles. The number of piperidine rings is 1. The first-order chi connectivity index (χ1) is 18.0. The van der Waals surface area contributed by atoms with Crippen molar-refractivity contribution in [3.8, 4) is 5.75 Å². The molecule has 0 radical (unpaired) electrons. The largest absolute Gasteiger partial charge is 0.493 e. The zero-order chi connectivity index (χ0) is 26.0. The highest BCUT2D eigenvalue weighted by atomic mass is 32.2. The number of thioether (sulfide) groups is 1. The molecular weight excluding hydrogens is 487 g/mol. The van der Waals surface area contributed by atoms with Gasteiger partial charge >= 0.3 is 0 Å². The van der Waals surface area contributed by atoms with Crippen molar-refractivity contribution < 1.29 is 18.7 Å². The number of hydrogen-bond acceptors (Lipinski definition) is 5. The summed E-state index contributed by atoms with van der Waals surface area (Å²) in [4.78, 5) is 18.1. The van der Waals surface area contributed by atoms with Gasteiger partial charge in [-0.3, -0.25) is 4.79 Å². The Morgan fingerprint density at radius 1 is 1.11 bits per heavy atom. The van der Waals surface area contributed by atoms with Gasteiger partial charge < -0.3 is 19.3 Å². The number of nitrogens with zero attached hydrogens (tertiary/aromatic N) is 2. The molecule has 0 N–H and O–H groups in total. The SMILES string of the molecule is CC(C)COc1ccc(CC(=O)N(Cc2ccc(F)cc2)C2CCN(CCC3OCCCS3)CC2)cc1. The van der Waals surface area contributed by atoms with Crippen LogP contribution in [0.25, 0.3) is 0 Å². The third-order valence-electron chi connectivity index (χ3n) is 7.02. The van der Waals surface area contributed by atoms with Crippen molar-refractivity contribution >= 4 is 17.7 Å². The average molecular weight is 529 g/mol. The van der Waals surface area contributed by atoms with Crippen LogP contribution in [0.1, 0.15) is 50.7 Å². The normalized spacial score (nSPS) is 19.2. The lowest BCUT2D eigenvalue weighted by Crippen LogP contribution is -2.48. The standard InChI is InChI=1S/C30H41FN2O3S/c1-23(2)22-36-28-10-6-24(7-11-28)20-29(34)33(21-25-4-8-26(31)9-5-25)27-12-15-32(16-13-27)17-14-30-35-18-3-19-37-30/h4-11,23,27,30H,3,12-22H2,1-2H3. The van der Waals surface area contributed by atoms with Crippen LogP contribution in [0.4, 0.5) is 4.39 Å². The van der Waals surface area contributed by atoms with E-state index in [0.717, 1.165) is 68.8 Å². The van der Waals surface area contributed by atoms with Gasteiger partial charge in [0.1, 0.15) is 17.0 Å². The summed E-state index contributed by atoms with van der Waals surface area (Å²) in [6, 6.07) is 14.6. The zero-order valence-electron chi connectivity index (χ0n) is 22.2. The molecule has 5 nitrogen and oxygen atoms in total. The average Bonchev–Trinajstić information content (AvgIpc) is 2.92. The lowest BCUT2D eigenvalue weighted by Gasteiger charge is -2.39. The van der Waals surface area contributed by atoms with Crippen LogP contribution in [0.3, 0.4) is 0 Å². The summed E-state index contributed by atoms with van der Waals surface area (Å²) < 4.78 is 25.2. The van der Waals surface area contributed by atoms with E-state index in [2.05, 4.69) is 18.7 Å². The summed E-state index contributed by atoms with van der Waals surface area (Å²) in [5, 5.41) is 0. The van der Waals surface area contributed by atoms with Crippen molar-refractivity contribution in [1.29, 1.82) is 0 Å². The predicted molar refractivity (Wildman–Crippen MR) is 148 cm³/mol. The minimum atomic E-state index is -0.255. The van der Waals surface area contributed by atoms with E-state index in [9.17, 15) is 9.18 Å². The van der Waals surface area contributed by atoms with Crippen molar-refractivity contribution in [2.24, 2.45) is 5.92 Å². The number of carbonyl (C=O) groups excluding carboxylic acids is 1. The first kappa shape index (κ1) is 27.9. The summed E-state index contributed by atoms with van der Waals surface area (Å²) in [7, 11) is 0. The highest BCUT2D eigenvalue weighted by molar-refractivity contribution is 7.99. The van der Waals surface area contributed by atoms with Gasteiger partial charge in [0.2, 0.25) is 5.91 Å². The Hall–Kier alpha value is -2.09. The van der Waals surface area contributed by atoms with E-state index in [-0.39, 0.29) is 17.8 Å². The molecule has 1 unspecified atom stereocenters. The van der Waals surface area contributed by atoms with Crippen LogP contribution >= 0.6 is 11.8 Å². The molecule has 2 aromatic rings. The maximum atomic E-state index is 13.6. The molecule has 0 bridgehead atoms. The Kier molecular flexibility index (Phi) is 10.7. The molecule has 0 saturated carbocycles. The molecule has 1 atom stereocenters. The van der Waals surface area contributed by atoms with Crippen LogP contribution in [0.5, 0.6) is 5.75 Å². The molecule has 7 heteroatoms. The first-order valence-electron chi connectivity index (χ1n) is 13.7. The summed E-state index contributed by atoms with van der Waals surface area (Å²) >= 11 is 1.93. The van der Waals surface area contributed by atoms with Gasteiger partial charge in [0.05, 0.1) is 13.0 Å². The van der Waals surface area contributed by atoms with Gasteiger partial charge in [-0.2, -0.15) is 0 Å². The lowest BCUT2D eigenvalue weighted by molar-refractivity contribution is -0.134. The molecule has 0 aliphatic carbocycles. The number of halogens is 1. The third kappa shape index (κ3) is 9.01. The van der Waals surface area contributed by atoms with E-state index in [0.29, 0.717) is 30.9 Å². The zero-order valence-corrected chi connectivity index (χ0v) is 23.1. The number of amides is 1. The van der Waals surface area contributed by atoms with Crippen LogP contribution in [-0.2, 0) is 22.5 Å². The van der Waals surface area contributed by atoms with Crippen molar-refractivity contribution in [1.82, 2.24) is 9.80 Å². The first-order valence-corrected chi connectivity index (χ1v) is 14.7. The summed E-state index contributed by atoms with van der Waals surface area (Å²) in [5.74, 6) is 2.35. The van der Waals surface area contributed by atoms with Gasteiger partial charge in [0, 0.05) is 38.8 Å². The molecular formula is C30H41FN2O3S. The Bertz CT molecular complexity index is 956. The molecule has 202 valence electrons. The van der Waals surface area contributed by atoms with E-state index in [1.807, 2.05) is 40.9 Å². The highest BCUT2D eigenvalue weighted by Crippen LogP contribution is 2.25. The van der Waals surface area contributed by atoms with Crippen molar-refractivity contribution in [3.05, 3.63) is 65.5 Å². The molecule has 2 aliphatic rings. The number of carbonyl (C=O) groups is 1. The van der Waals surface area contributed by atoms with E-state index < -0.39 is 0 Å². The molecule has 1 amide bonds.